The standard InChI is InChI=1S/C24H38N2O5/c1-5-6-12-25-21(27)16-26-13-11-24(28)10-8-7-9-18(24)22(26)17-14-19(29-2)23(31-4)20(15-17)30-3/h14-15,18,22,28H,5-13,16H2,1-4H3,(H,25,27)/t18-,22-,24-/m1/s1. The Hall–Kier alpha value is -1.99. The Morgan fingerprint density at radius 3 is 2.48 bits per heavy atom. The summed E-state index contributed by atoms with van der Waals surface area (Å²) in [4.78, 5) is 14.9. The zero-order valence-electron chi connectivity index (χ0n) is 19.4. The molecule has 0 radical (unpaired) electrons. The van der Waals surface area contributed by atoms with E-state index in [-0.39, 0.29) is 17.9 Å². The van der Waals surface area contributed by atoms with E-state index in [4.69, 9.17) is 14.2 Å². The summed E-state index contributed by atoms with van der Waals surface area (Å²) in [6.07, 6.45) is 6.61. The predicted molar refractivity (Wildman–Crippen MR) is 120 cm³/mol. The fraction of sp³-hybridized carbons (Fsp3) is 0.708. The maximum atomic E-state index is 12.7. The third-order valence-corrected chi connectivity index (χ3v) is 6.90. The van der Waals surface area contributed by atoms with Crippen LogP contribution < -0.4 is 19.5 Å². The van der Waals surface area contributed by atoms with E-state index < -0.39 is 5.60 Å². The number of piperidine rings is 1. The number of aliphatic hydroxyl groups is 1. The molecular weight excluding hydrogens is 396 g/mol. The number of hydrogen-bond donors (Lipinski definition) is 2. The van der Waals surface area contributed by atoms with Gasteiger partial charge in [-0.05, 0) is 43.4 Å². The van der Waals surface area contributed by atoms with Crippen molar-refractivity contribution in [3.05, 3.63) is 17.7 Å². The number of nitrogens with zero attached hydrogens (tertiary/aromatic N) is 1. The number of nitrogens with one attached hydrogen (secondary N) is 1. The third-order valence-electron chi connectivity index (χ3n) is 6.90. The molecule has 3 rings (SSSR count). The van der Waals surface area contributed by atoms with E-state index in [2.05, 4.69) is 17.1 Å². The first kappa shape index (κ1) is 23.7. The van der Waals surface area contributed by atoms with Crippen molar-refractivity contribution in [2.45, 2.75) is 63.5 Å². The molecule has 7 nitrogen and oxygen atoms in total. The summed E-state index contributed by atoms with van der Waals surface area (Å²) in [5.74, 6) is 1.82. The number of fused-ring (bicyclic) bond motifs is 1. The largest absolute Gasteiger partial charge is 0.493 e. The zero-order chi connectivity index (χ0) is 22.4. The van der Waals surface area contributed by atoms with Gasteiger partial charge < -0.3 is 24.6 Å². The normalized spacial score (nSPS) is 26.1. The highest BCUT2D eigenvalue weighted by Crippen LogP contribution is 2.51. The molecule has 1 saturated heterocycles. The summed E-state index contributed by atoms with van der Waals surface area (Å²) in [6, 6.07) is 3.84. The second kappa shape index (κ2) is 10.6. The van der Waals surface area contributed by atoms with Gasteiger partial charge in [0, 0.05) is 25.0 Å². The van der Waals surface area contributed by atoms with Crippen molar-refractivity contribution in [1.29, 1.82) is 0 Å². The molecule has 2 aliphatic rings. The second-order valence-corrected chi connectivity index (χ2v) is 8.78. The quantitative estimate of drug-likeness (QED) is 0.581. The smallest absolute Gasteiger partial charge is 0.234 e. The van der Waals surface area contributed by atoms with Gasteiger partial charge in [-0.15, -0.1) is 0 Å². The molecule has 1 amide bonds. The number of likely N-dealkylation sites (tertiary alicyclic amines) is 1. The summed E-state index contributed by atoms with van der Waals surface area (Å²) in [5, 5.41) is 14.5. The van der Waals surface area contributed by atoms with Crippen LogP contribution in [0, 0.1) is 5.92 Å². The maximum Gasteiger partial charge on any atom is 0.234 e. The zero-order valence-corrected chi connectivity index (χ0v) is 19.4. The molecule has 1 saturated carbocycles. The lowest BCUT2D eigenvalue weighted by molar-refractivity contribution is -0.137. The summed E-state index contributed by atoms with van der Waals surface area (Å²) < 4.78 is 16.7. The number of carbonyl (C=O) groups excluding carboxylic acids is 1. The average molecular weight is 435 g/mol. The lowest BCUT2D eigenvalue weighted by Crippen LogP contribution is -2.56. The molecule has 0 spiro atoms. The molecule has 0 unspecified atom stereocenters. The lowest BCUT2D eigenvalue weighted by Gasteiger charge is -2.52. The van der Waals surface area contributed by atoms with Crippen LogP contribution >= 0.6 is 0 Å². The molecule has 1 aromatic carbocycles. The molecule has 31 heavy (non-hydrogen) atoms. The molecule has 2 N–H and O–H groups in total. The van der Waals surface area contributed by atoms with Crippen molar-refractivity contribution < 1.29 is 24.1 Å². The SMILES string of the molecule is CCCCNC(=O)CN1CC[C@]2(O)CCCC[C@@H]2[C@H]1c1cc(OC)c(OC)c(OC)c1. The van der Waals surface area contributed by atoms with Crippen LogP contribution in [-0.4, -0.2) is 62.5 Å². The Labute approximate surface area is 186 Å². The summed E-state index contributed by atoms with van der Waals surface area (Å²) in [5.41, 5.74) is 0.291. The Kier molecular flexibility index (Phi) is 8.06. The van der Waals surface area contributed by atoms with Crippen molar-refractivity contribution in [3.63, 3.8) is 0 Å². The van der Waals surface area contributed by atoms with Crippen molar-refractivity contribution in [2.24, 2.45) is 5.92 Å². The van der Waals surface area contributed by atoms with Gasteiger partial charge in [0.1, 0.15) is 0 Å². The first-order valence-corrected chi connectivity index (χ1v) is 11.5. The third kappa shape index (κ3) is 5.09. The monoisotopic (exact) mass is 434 g/mol. The van der Waals surface area contributed by atoms with E-state index in [1.807, 2.05) is 12.1 Å². The molecule has 174 valence electrons. The highest BCUT2D eigenvalue weighted by Gasteiger charge is 2.49. The number of ether oxygens (including phenoxy) is 3. The Morgan fingerprint density at radius 2 is 1.87 bits per heavy atom. The van der Waals surface area contributed by atoms with Crippen LogP contribution in [0.1, 0.15) is 63.5 Å². The number of rotatable bonds is 9. The minimum absolute atomic E-state index is 0.0344. The summed E-state index contributed by atoms with van der Waals surface area (Å²) in [7, 11) is 4.81. The Morgan fingerprint density at radius 1 is 1.16 bits per heavy atom. The molecular formula is C24H38N2O5. The van der Waals surface area contributed by atoms with Crippen molar-refractivity contribution >= 4 is 5.91 Å². The van der Waals surface area contributed by atoms with Gasteiger partial charge >= 0.3 is 0 Å². The molecule has 0 aromatic heterocycles. The van der Waals surface area contributed by atoms with Crippen LogP contribution in [-0.2, 0) is 4.79 Å². The predicted octanol–water partition coefficient (Wildman–Crippen LogP) is 3.30. The van der Waals surface area contributed by atoms with Crippen LogP contribution in [0.5, 0.6) is 17.2 Å². The van der Waals surface area contributed by atoms with Crippen LogP contribution in [0.15, 0.2) is 12.1 Å². The summed E-state index contributed by atoms with van der Waals surface area (Å²) >= 11 is 0. The van der Waals surface area contributed by atoms with E-state index in [1.165, 1.54) is 0 Å². The van der Waals surface area contributed by atoms with Crippen LogP contribution in [0.2, 0.25) is 0 Å². The minimum atomic E-state index is -0.696. The molecule has 0 bridgehead atoms. The molecule has 2 fully saturated rings. The average Bonchev–Trinajstić information content (AvgIpc) is 2.78. The van der Waals surface area contributed by atoms with Gasteiger partial charge in [0.25, 0.3) is 0 Å². The van der Waals surface area contributed by atoms with Crippen molar-refractivity contribution in [1.82, 2.24) is 10.2 Å². The first-order valence-electron chi connectivity index (χ1n) is 11.5. The fourth-order valence-electron chi connectivity index (χ4n) is 5.28. The highest BCUT2D eigenvalue weighted by atomic mass is 16.5. The number of unbranched alkanes of at least 4 members (excludes halogenated alkanes) is 1. The summed E-state index contributed by atoms with van der Waals surface area (Å²) in [6.45, 7) is 3.81. The maximum absolute atomic E-state index is 12.7. The van der Waals surface area contributed by atoms with Gasteiger partial charge in [-0.2, -0.15) is 0 Å². The van der Waals surface area contributed by atoms with Gasteiger partial charge in [-0.25, -0.2) is 0 Å². The van der Waals surface area contributed by atoms with Crippen molar-refractivity contribution in [2.75, 3.05) is 41.0 Å². The van der Waals surface area contributed by atoms with E-state index >= 15 is 0 Å². The Bertz CT molecular complexity index is 730. The first-order chi connectivity index (χ1) is 15.0. The van der Waals surface area contributed by atoms with Crippen LogP contribution in [0.25, 0.3) is 0 Å². The lowest BCUT2D eigenvalue weighted by atomic mass is 9.66. The molecule has 1 aliphatic heterocycles. The number of benzene rings is 1. The molecule has 7 heteroatoms. The van der Waals surface area contributed by atoms with E-state index in [9.17, 15) is 9.90 Å². The van der Waals surface area contributed by atoms with Gasteiger partial charge in [0.05, 0.1) is 33.5 Å². The van der Waals surface area contributed by atoms with Crippen LogP contribution in [0.4, 0.5) is 0 Å². The second-order valence-electron chi connectivity index (χ2n) is 8.78. The van der Waals surface area contributed by atoms with E-state index in [0.29, 0.717) is 43.3 Å². The van der Waals surface area contributed by atoms with Gasteiger partial charge in [0.15, 0.2) is 11.5 Å². The molecule has 3 atom stereocenters. The fourth-order valence-corrected chi connectivity index (χ4v) is 5.28. The van der Waals surface area contributed by atoms with Gasteiger partial charge in [0.2, 0.25) is 11.7 Å². The molecule has 1 aromatic rings. The Balaban J connectivity index is 1.96. The topological polar surface area (TPSA) is 80.3 Å². The number of amides is 1. The number of carbonyl (C=O) groups is 1. The highest BCUT2D eigenvalue weighted by molar-refractivity contribution is 5.78. The van der Waals surface area contributed by atoms with Gasteiger partial charge in [-0.1, -0.05) is 26.2 Å². The van der Waals surface area contributed by atoms with Gasteiger partial charge in [-0.3, -0.25) is 9.69 Å². The molecule has 1 heterocycles. The number of hydrogen-bond acceptors (Lipinski definition) is 6. The van der Waals surface area contributed by atoms with E-state index in [0.717, 1.165) is 44.1 Å². The minimum Gasteiger partial charge on any atom is -0.493 e. The molecule has 1 aliphatic carbocycles. The van der Waals surface area contributed by atoms with E-state index in [1.54, 1.807) is 21.3 Å². The van der Waals surface area contributed by atoms with Crippen LogP contribution in [0.3, 0.4) is 0 Å². The van der Waals surface area contributed by atoms with Crippen molar-refractivity contribution in [3.8, 4) is 17.2 Å². The number of methoxy groups -OCH3 is 3.